The topological polar surface area (TPSA) is 41.1 Å². The highest BCUT2D eigenvalue weighted by atomic mass is 16.2. The highest BCUT2D eigenvalue weighted by Crippen LogP contribution is 2.22. The van der Waals surface area contributed by atoms with Crippen LogP contribution in [-0.2, 0) is 12.8 Å². The van der Waals surface area contributed by atoms with Gasteiger partial charge in [-0.2, -0.15) is 0 Å². The smallest absolute Gasteiger partial charge is 0.318 e. The Labute approximate surface area is 90.9 Å². The van der Waals surface area contributed by atoms with Gasteiger partial charge < -0.3 is 10.6 Å². The van der Waals surface area contributed by atoms with Gasteiger partial charge in [0.15, 0.2) is 0 Å². The molecule has 0 aliphatic heterocycles. The highest BCUT2D eigenvalue weighted by Gasteiger charge is 2.07. The van der Waals surface area contributed by atoms with Gasteiger partial charge in [0.2, 0.25) is 0 Å². The molecule has 0 spiro atoms. The highest BCUT2D eigenvalue weighted by molar-refractivity contribution is 5.90. The van der Waals surface area contributed by atoms with E-state index in [0.29, 0.717) is 0 Å². The largest absolute Gasteiger partial charge is 0.341 e. The molecule has 1 aromatic rings. The predicted octanol–water partition coefficient (Wildman–Crippen LogP) is 2.56. The first-order valence-corrected chi connectivity index (χ1v) is 5.32. The summed E-state index contributed by atoms with van der Waals surface area (Å²) in [6.45, 7) is 4.17. The lowest BCUT2D eigenvalue weighted by Crippen LogP contribution is -2.25. The third-order valence-electron chi connectivity index (χ3n) is 2.46. The number of urea groups is 1. The zero-order chi connectivity index (χ0) is 11.3. The van der Waals surface area contributed by atoms with Crippen molar-refractivity contribution in [3.05, 3.63) is 29.3 Å². The summed E-state index contributed by atoms with van der Waals surface area (Å²) < 4.78 is 0. The van der Waals surface area contributed by atoms with Crippen molar-refractivity contribution in [3.8, 4) is 0 Å². The van der Waals surface area contributed by atoms with E-state index in [1.807, 2.05) is 18.2 Å². The van der Waals surface area contributed by atoms with E-state index in [-0.39, 0.29) is 6.03 Å². The molecule has 0 aliphatic carbocycles. The zero-order valence-electron chi connectivity index (χ0n) is 9.55. The van der Waals surface area contributed by atoms with Crippen LogP contribution < -0.4 is 10.6 Å². The molecule has 0 aliphatic rings. The minimum atomic E-state index is -0.161. The molecule has 0 heterocycles. The average Bonchev–Trinajstić information content (AvgIpc) is 2.29. The number of amides is 2. The lowest BCUT2D eigenvalue weighted by Gasteiger charge is -2.13. The lowest BCUT2D eigenvalue weighted by atomic mass is 10.0. The van der Waals surface area contributed by atoms with Crippen LogP contribution in [-0.4, -0.2) is 13.1 Å². The fraction of sp³-hybridized carbons (Fsp3) is 0.417. The van der Waals surface area contributed by atoms with E-state index in [9.17, 15) is 4.79 Å². The number of anilines is 1. The minimum absolute atomic E-state index is 0.161. The molecule has 0 radical (unpaired) electrons. The predicted molar refractivity (Wildman–Crippen MR) is 63.3 cm³/mol. The lowest BCUT2D eigenvalue weighted by molar-refractivity contribution is 0.254. The Morgan fingerprint density at radius 3 is 2.13 bits per heavy atom. The number of carbonyl (C=O) groups excluding carboxylic acids is 1. The second-order valence-electron chi connectivity index (χ2n) is 3.36. The number of benzene rings is 1. The number of para-hydroxylation sites is 1. The van der Waals surface area contributed by atoms with Crippen LogP contribution in [0.4, 0.5) is 10.5 Å². The SMILES string of the molecule is CCc1cccc(CC)c1NC(=O)NC. The van der Waals surface area contributed by atoms with Crippen LogP contribution in [0.3, 0.4) is 0 Å². The molecule has 0 bridgehead atoms. The molecular formula is C12H18N2O. The fourth-order valence-electron chi connectivity index (χ4n) is 1.58. The molecule has 3 nitrogen and oxygen atoms in total. The van der Waals surface area contributed by atoms with Crippen LogP contribution >= 0.6 is 0 Å². The Kier molecular flexibility index (Phi) is 4.16. The Hall–Kier alpha value is -1.51. The van der Waals surface area contributed by atoms with Gasteiger partial charge in [-0.1, -0.05) is 32.0 Å². The number of hydrogen-bond acceptors (Lipinski definition) is 1. The molecule has 15 heavy (non-hydrogen) atoms. The second-order valence-corrected chi connectivity index (χ2v) is 3.36. The van der Waals surface area contributed by atoms with Crippen molar-refractivity contribution >= 4 is 11.7 Å². The maximum atomic E-state index is 11.3. The van der Waals surface area contributed by atoms with Gasteiger partial charge in [-0.05, 0) is 24.0 Å². The average molecular weight is 206 g/mol. The molecule has 0 fully saturated rings. The molecule has 2 N–H and O–H groups in total. The van der Waals surface area contributed by atoms with Gasteiger partial charge in [0.05, 0.1) is 0 Å². The zero-order valence-corrected chi connectivity index (χ0v) is 9.55. The molecule has 3 heteroatoms. The van der Waals surface area contributed by atoms with E-state index in [2.05, 4.69) is 24.5 Å². The first-order valence-electron chi connectivity index (χ1n) is 5.32. The quantitative estimate of drug-likeness (QED) is 0.784. The van der Waals surface area contributed by atoms with Crippen molar-refractivity contribution in [2.75, 3.05) is 12.4 Å². The number of rotatable bonds is 3. The normalized spacial score (nSPS) is 9.80. The first kappa shape index (κ1) is 11.6. The van der Waals surface area contributed by atoms with Crippen molar-refractivity contribution in [1.82, 2.24) is 5.32 Å². The first-order chi connectivity index (χ1) is 7.22. The van der Waals surface area contributed by atoms with E-state index in [1.54, 1.807) is 7.05 Å². The number of nitrogens with one attached hydrogen (secondary N) is 2. The number of hydrogen-bond donors (Lipinski definition) is 2. The maximum absolute atomic E-state index is 11.3. The summed E-state index contributed by atoms with van der Waals surface area (Å²) in [6.07, 6.45) is 1.85. The summed E-state index contributed by atoms with van der Waals surface area (Å²) in [5, 5.41) is 5.45. The van der Waals surface area contributed by atoms with E-state index in [1.165, 1.54) is 11.1 Å². The monoisotopic (exact) mass is 206 g/mol. The van der Waals surface area contributed by atoms with Gasteiger partial charge in [0.25, 0.3) is 0 Å². The Balaban J connectivity index is 3.05. The second kappa shape index (κ2) is 5.39. The van der Waals surface area contributed by atoms with Crippen molar-refractivity contribution < 1.29 is 4.79 Å². The molecule has 0 saturated carbocycles. The molecule has 0 saturated heterocycles. The third kappa shape index (κ3) is 2.72. The van der Waals surface area contributed by atoms with Crippen LogP contribution in [0.2, 0.25) is 0 Å². The summed E-state index contributed by atoms with van der Waals surface area (Å²) in [7, 11) is 1.62. The Bertz CT molecular complexity index is 325. The van der Waals surface area contributed by atoms with E-state index in [4.69, 9.17) is 0 Å². The minimum Gasteiger partial charge on any atom is -0.341 e. The number of aryl methyl sites for hydroxylation is 2. The summed E-state index contributed by atoms with van der Waals surface area (Å²) in [4.78, 5) is 11.3. The summed E-state index contributed by atoms with van der Waals surface area (Å²) in [5.41, 5.74) is 3.32. The Morgan fingerprint density at radius 2 is 1.73 bits per heavy atom. The van der Waals surface area contributed by atoms with E-state index < -0.39 is 0 Å². The van der Waals surface area contributed by atoms with Crippen molar-refractivity contribution in [1.29, 1.82) is 0 Å². The van der Waals surface area contributed by atoms with Crippen LogP contribution in [0, 0.1) is 0 Å². The van der Waals surface area contributed by atoms with Crippen molar-refractivity contribution in [2.24, 2.45) is 0 Å². The van der Waals surface area contributed by atoms with Crippen molar-refractivity contribution in [2.45, 2.75) is 26.7 Å². The molecule has 0 atom stereocenters. The van der Waals surface area contributed by atoms with Gasteiger partial charge in [0.1, 0.15) is 0 Å². The van der Waals surface area contributed by atoms with E-state index >= 15 is 0 Å². The molecule has 2 amide bonds. The van der Waals surface area contributed by atoms with Crippen molar-refractivity contribution in [3.63, 3.8) is 0 Å². The summed E-state index contributed by atoms with van der Waals surface area (Å²) in [5.74, 6) is 0. The van der Waals surface area contributed by atoms with Gasteiger partial charge in [0, 0.05) is 12.7 Å². The maximum Gasteiger partial charge on any atom is 0.318 e. The number of carbonyl (C=O) groups is 1. The Morgan fingerprint density at radius 1 is 1.20 bits per heavy atom. The molecule has 0 unspecified atom stereocenters. The summed E-state index contributed by atoms with van der Waals surface area (Å²) in [6, 6.07) is 5.97. The standard InChI is InChI=1S/C12H18N2O/c1-4-9-7-6-8-10(5-2)11(9)14-12(15)13-3/h6-8H,4-5H2,1-3H3,(H2,13,14,15). The van der Waals surface area contributed by atoms with Crippen LogP contribution in [0.5, 0.6) is 0 Å². The van der Waals surface area contributed by atoms with Gasteiger partial charge >= 0.3 is 6.03 Å². The summed E-state index contributed by atoms with van der Waals surface area (Å²) >= 11 is 0. The fourth-order valence-corrected chi connectivity index (χ4v) is 1.58. The van der Waals surface area contributed by atoms with Gasteiger partial charge in [-0.15, -0.1) is 0 Å². The van der Waals surface area contributed by atoms with Gasteiger partial charge in [-0.3, -0.25) is 0 Å². The molecule has 0 aromatic heterocycles. The van der Waals surface area contributed by atoms with Crippen LogP contribution in [0.1, 0.15) is 25.0 Å². The van der Waals surface area contributed by atoms with Crippen LogP contribution in [0.25, 0.3) is 0 Å². The van der Waals surface area contributed by atoms with E-state index in [0.717, 1.165) is 18.5 Å². The molecule has 1 rings (SSSR count). The molecular weight excluding hydrogens is 188 g/mol. The molecule has 1 aromatic carbocycles. The van der Waals surface area contributed by atoms with Gasteiger partial charge in [-0.25, -0.2) is 4.79 Å². The third-order valence-corrected chi connectivity index (χ3v) is 2.46. The van der Waals surface area contributed by atoms with Crippen LogP contribution in [0.15, 0.2) is 18.2 Å². The molecule has 82 valence electrons.